The van der Waals surface area contributed by atoms with E-state index >= 15 is 0 Å². The summed E-state index contributed by atoms with van der Waals surface area (Å²) in [5, 5.41) is 0. The molecule has 0 radical (unpaired) electrons. The van der Waals surface area contributed by atoms with Gasteiger partial charge in [0.1, 0.15) is 0 Å². The molecule has 1 aliphatic rings. The van der Waals surface area contributed by atoms with Crippen molar-refractivity contribution in [3.8, 4) is 0 Å². The summed E-state index contributed by atoms with van der Waals surface area (Å²) in [5.74, 6) is 0.801. The van der Waals surface area contributed by atoms with Crippen LogP contribution in [0.25, 0.3) is 0 Å². The van der Waals surface area contributed by atoms with Crippen LogP contribution in [0.15, 0.2) is 24.3 Å². The largest absolute Gasteiger partial charge is 0.0917 e. The fourth-order valence-corrected chi connectivity index (χ4v) is 5.35. The standard InChI is InChI=1S/C29H48.2C2H6/c1-8-11-13-15-18-28(4,5)26-19-23(16-10-3)27-21-25(17-14-12-9-2)29(6,7)22-24(27)20-26;2*1-2/h9,12,19-20,25H,8,10-11,13-18,21-22H2,1-7H3;2*1-2H3/b12-9-;;. The Hall–Kier alpha value is -1.04. The van der Waals surface area contributed by atoms with Gasteiger partial charge in [-0.3, -0.25) is 0 Å². The van der Waals surface area contributed by atoms with Gasteiger partial charge >= 0.3 is 0 Å². The average Bonchev–Trinajstić information content (AvgIpc) is 2.79. The highest BCUT2D eigenvalue weighted by Gasteiger charge is 2.36. The maximum Gasteiger partial charge on any atom is -0.0103 e. The van der Waals surface area contributed by atoms with E-state index in [9.17, 15) is 0 Å². The molecular formula is C33H60. The van der Waals surface area contributed by atoms with Crippen molar-refractivity contribution in [3.05, 3.63) is 46.5 Å². The van der Waals surface area contributed by atoms with E-state index in [1.807, 2.05) is 27.7 Å². The Bertz CT molecular complexity index is 659. The van der Waals surface area contributed by atoms with Crippen LogP contribution in [0.2, 0.25) is 0 Å². The van der Waals surface area contributed by atoms with E-state index in [1.165, 1.54) is 70.6 Å². The first-order chi connectivity index (χ1) is 15.7. The Kier molecular flexibility index (Phi) is 16.0. The zero-order valence-electron chi connectivity index (χ0n) is 24.7. The van der Waals surface area contributed by atoms with Gasteiger partial charge in [0.15, 0.2) is 0 Å². The van der Waals surface area contributed by atoms with E-state index in [0.717, 1.165) is 5.92 Å². The molecule has 0 aromatic heterocycles. The van der Waals surface area contributed by atoms with Crippen molar-refractivity contribution in [3.63, 3.8) is 0 Å². The summed E-state index contributed by atoms with van der Waals surface area (Å²) in [7, 11) is 0. The normalized spacial score (nSPS) is 17.0. The number of benzene rings is 1. The van der Waals surface area contributed by atoms with Crippen LogP contribution in [0.1, 0.15) is 150 Å². The second-order valence-electron chi connectivity index (χ2n) is 10.9. The van der Waals surface area contributed by atoms with Crippen molar-refractivity contribution in [2.45, 2.75) is 152 Å². The topological polar surface area (TPSA) is 0 Å². The molecule has 0 N–H and O–H groups in total. The Labute approximate surface area is 210 Å². The number of hydrogen-bond donors (Lipinski definition) is 0. The van der Waals surface area contributed by atoms with Gasteiger partial charge in [0, 0.05) is 0 Å². The average molecular weight is 457 g/mol. The summed E-state index contributed by atoms with van der Waals surface area (Å²) < 4.78 is 0. The monoisotopic (exact) mass is 456 g/mol. The minimum Gasteiger partial charge on any atom is -0.0917 e. The van der Waals surface area contributed by atoms with Crippen molar-refractivity contribution >= 4 is 0 Å². The zero-order chi connectivity index (χ0) is 25.5. The lowest BCUT2D eigenvalue weighted by atomic mass is 9.63. The number of fused-ring (bicyclic) bond motifs is 1. The summed E-state index contributed by atoms with van der Waals surface area (Å²) in [5.41, 5.74) is 7.33. The quantitative estimate of drug-likeness (QED) is 0.229. The molecular weight excluding hydrogens is 396 g/mol. The molecule has 0 saturated carbocycles. The number of unbranched alkanes of at least 4 members (excludes halogenated alkanes) is 3. The summed E-state index contributed by atoms with van der Waals surface area (Å²) in [6.07, 6.45) is 18.9. The van der Waals surface area contributed by atoms with Gasteiger partial charge in [-0.15, -0.1) is 0 Å². The fourth-order valence-electron chi connectivity index (χ4n) is 5.35. The molecule has 0 amide bonds. The fraction of sp³-hybridized carbons (Fsp3) is 0.758. The lowest BCUT2D eigenvalue weighted by Crippen LogP contribution is -2.34. The van der Waals surface area contributed by atoms with Gasteiger partial charge in [-0.05, 0) is 84.5 Å². The predicted octanol–water partition coefficient (Wildman–Crippen LogP) is 11.0. The summed E-state index contributed by atoms with van der Waals surface area (Å²) in [4.78, 5) is 0. The molecule has 1 aliphatic carbocycles. The lowest BCUT2D eigenvalue weighted by Gasteiger charge is -2.41. The Morgan fingerprint density at radius 1 is 0.970 bits per heavy atom. The highest BCUT2D eigenvalue weighted by molar-refractivity contribution is 5.44. The molecule has 0 saturated heterocycles. The van der Waals surface area contributed by atoms with Crippen LogP contribution in [-0.4, -0.2) is 0 Å². The molecule has 33 heavy (non-hydrogen) atoms. The molecule has 0 spiro atoms. The van der Waals surface area contributed by atoms with Crippen LogP contribution in [0.5, 0.6) is 0 Å². The minimum absolute atomic E-state index is 0.290. The van der Waals surface area contributed by atoms with Crippen LogP contribution >= 0.6 is 0 Å². The smallest absolute Gasteiger partial charge is 0.0103 e. The molecule has 0 aliphatic heterocycles. The summed E-state index contributed by atoms with van der Waals surface area (Å²) in [6.45, 7) is 24.8. The van der Waals surface area contributed by atoms with Crippen molar-refractivity contribution in [2.75, 3.05) is 0 Å². The maximum atomic E-state index is 2.61. The molecule has 1 unspecified atom stereocenters. The second kappa shape index (κ2) is 16.6. The van der Waals surface area contributed by atoms with Crippen molar-refractivity contribution in [1.29, 1.82) is 0 Å². The number of rotatable bonds is 11. The molecule has 0 nitrogen and oxygen atoms in total. The Morgan fingerprint density at radius 3 is 2.21 bits per heavy atom. The third kappa shape index (κ3) is 10.00. The molecule has 0 heterocycles. The third-order valence-electron chi connectivity index (χ3n) is 7.51. The van der Waals surface area contributed by atoms with E-state index in [-0.39, 0.29) is 5.41 Å². The first kappa shape index (κ1) is 32.0. The van der Waals surface area contributed by atoms with Gasteiger partial charge in [0.05, 0.1) is 0 Å². The first-order valence-electron chi connectivity index (χ1n) is 14.5. The second-order valence-corrected chi connectivity index (χ2v) is 10.9. The number of hydrogen-bond acceptors (Lipinski definition) is 0. The molecule has 1 atom stereocenters. The highest BCUT2D eigenvalue weighted by atomic mass is 14.4. The molecule has 0 bridgehead atoms. The van der Waals surface area contributed by atoms with E-state index < -0.39 is 0 Å². The third-order valence-corrected chi connectivity index (χ3v) is 7.51. The summed E-state index contributed by atoms with van der Waals surface area (Å²) >= 11 is 0. The Morgan fingerprint density at radius 2 is 1.64 bits per heavy atom. The molecule has 1 aromatic rings. The van der Waals surface area contributed by atoms with Gasteiger partial charge in [0.25, 0.3) is 0 Å². The number of allylic oxidation sites excluding steroid dienone is 2. The lowest BCUT2D eigenvalue weighted by molar-refractivity contribution is 0.182. The van der Waals surface area contributed by atoms with E-state index in [0.29, 0.717) is 5.41 Å². The SMILES string of the molecule is C/C=C\CCC1Cc2c(CCC)cc(C(C)(C)CCCCCC)cc2CC1(C)C.CC.CC. The van der Waals surface area contributed by atoms with Gasteiger partial charge in [-0.1, -0.05) is 126 Å². The molecule has 0 fully saturated rings. The minimum atomic E-state index is 0.290. The van der Waals surface area contributed by atoms with E-state index in [4.69, 9.17) is 0 Å². The van der Waals surface area contributed by atoms with E-state index in [1.54, 1.807) is 22.3 Å². The van der Waals surface area contributed by atoms with Gasteiger partial charge in [0.2, 0.25) is 0 Å². The molecule has 0 heteroatoms. The van der Waals surface area contributed by atoms with Crippen LogP contribution in [0, 0.1) is 11.3 Å². The van der Waals surface area contributed by atoms with Crippen LogP contribution in [0.4, 0.5) is 0 Å². The van der Waals surface area contributed by atoms with Crippen LogP contribution in [-0.2, 0) is 24.7 Å². The number of aryl methyl sites for hydroxylation is 1. The van der Waals surface area contributed by atoms with Crippen molar-refractivity contribution in [2.24, 2.45) is 11.3 Å². The van der Waals surface area contributed by atoms with Gasteiger partial charge < -0.3 is 0 Å². The maximum absolute atomic E-state index is 2.61. The predicted molar refractivity (Wildman–Crippen MR) is 154 cm³/mol. The van der Waals surface area contributed by atoms with Crippen molar-refractivity contribution in [1.82, 2.24) is 0 Å². The van der Waals surface area contributed by atoms with Crippen LogP contribution in [0.3, 0.4) is 0 Å². The first-order valence-corrected chi connectivity index (χ1v) is 14.5. The zero-order valence-corrected chi connectivity index (χ0v) is 24.7. The van der Waals surface area contributed by atoms with E-state index in [2.05, 4.69) is 72.8 Å². The highest BCUT2D eigenvalue weighted by Crippen LogP contribution is 2.45. The van der Waals surface area contributed by atoms with Gasteiger partial charge in [-0.25, -0.2) is 0 Å². The Balaban J connectivity index is 0.00000242. The van der Waals surface area contributed by atoms with Crippen molar-refractivity contribution < 1.29 is 0 Å². The molecule has 2 rings (SSSR count). The van der Waals surface area contributed by atoms with Gasteiger partial charge in [-0.2, -0.15) is 0 Å². The van der Waals surface area contributed by atoms with Crippen LogP contribution < -0.4 is 0 Å². The molecule has 1 aromatic carbocycles. The molecule has 192 valence electrons. The summed E-state index contributed by atoms with van der Waals surface area (Å²) in [6, 6.07) is 5.21.